The number of fused-ring (bicyclic) bond motifs is 1. The van der Waals surface area contributed by atoms with Gasteiger partial charge in [-0.2, -0.15) is 0 Å². The molecular formula is C11H11NO2. The van der Waals surface area contributed by atoms with Crippen molar-refractivity contribution in [2.24, 2.45) is 0 Å². The average molecular weight is 189 g/mol. The zero-order chi connectivity index (χ0) is 10.1. The van der Waals surface area contributed by atoms with Crippen molar-refractivity contribution < 1.29 is 5.11 Å². The molecule has 72 valence electrons. The van der Waals surface area contributed by atoms with Gasteiger partial charge in [0.15, 0.2) is 0 Å². The van der Waals surface area contributed by atoms with Crippen molar-refractivity contribution in [3.8, 4) is 0 Å². The van der Waals surface area contributed by atoms with Crippen LogP contribution in [-0.4, -0.2) is 10.1 Å². The first-order valence-electron chi connectivity index (χ1n) is 4.45. The van der Waals surface area contributed by atoms with Gasteiger partial charge in [0, 0.05) is 17.0 Å². The Morgan fingerprint density at radius 3 is 2.93 bits per heavy atom. The van der Waals surface area contributed by atoms with Crippen LogP contribution >= 0.6 is 0 Å². The van der Waals surface area contributed by atoms with Crippen LogP contribution in [0.5, 0.6) is 0 Å². The number of aliphatic hydroxyl groups excluding tert-OH is 1. The normalized spacial score (nSPS) is 10.7. The highest BCUT2D eigenvalue weighted by atomic mass is 16.3. The van der Waals surface area contributed by atoms with Crippen LogP contribution in [0.3, 0.4) is 0 Å². The van der Waals surface area contributed by atoms with Crippen molar-refractivity contribution >= 4 is 10.9 Å². The average Bonchev–Trinajstić information content (AvgIpc) is 2.17. The molecule has 0 bridgehead atoms. The SMILES string of the molecule is Cc1cc(=O)[nH]c2c(CO)cccc12. The molecule has 0 aliphatic heterocycles. The monoisotopic (exact) mass is 189 g/mol. The summed E-state index contributed by atoms with van der Waals surface area (Å²) in [5, 5.41) is 10.1. The predicted molar refractivity (Wildman–Crippen MR) is 55.2 cm³/mol. The van der Waals surface area contributed by atoms with E-state index in [1.807, 2.05) is 19.1 Å². The molecule has 0 saturated carbocycles. The standard InChI is InChI=1S/C11H11NO2/c1-7-5-10(14)12-11-8(6-13)3-2-4-9(7)11/h2-5,13H,6H2,1H3,(H,12,14). The second kappa shape index (κ2) is 3.27. The van der Waals surface area contributed by atoms with Crippen LogP contribution in [0, 0.1) is 6.92 Å². The highest BCUT2D eigenvalue weighted by Crippen LogP contribution is 2.17. The summed E-state index contributed by atoms with van der Waals surface area (Å²) in [7, 11) is 0. The Balaban J connectivity index is 2.93. The fraction of sp³-hybridized carbons (Fsp3) is 0.182. The molecule has 0 aliphatic carbocycles. The molecule has 3 nitrogen and oxygen atoms in total. The molecule has 0 atom stereocenters. The molecule has 0 aliphatic rings. The summed E-state index contributed by atoms with van der Waals surface area (Å²) in [6.45, 7) is 1.83. The summed E-state index contributed by atoms with van der Waals surface area (Å²) in [5.74, 6) is 0. The number of hydrogen-bond donors (Lipinski definition) is 2. The quantitative estimate of drug-likeness (QED) is 0.711. The van der Waals surface area contributed by atoms with Gasteiger partial charge in [0.05, 0.1) is 12.1 Å². The van der Waals surface area contributed by atoms with E-state index in [-0.39, 0.29) is 12.2 Å². The smallest absolute Gasteiger partial charge is 0.248 e. The van der Waals surface area contributed by atoms with Crippen molar-refractivity contribution in [3.63, 3.8) is 0 Å². The van der Waals surface area contributed by atoms with Gasteiger partial charge in [-0.3, -0.25) is 4.79 Å². The van der Waals surface area contributed by atoms with Gasteiger partial charge in [-0.1, -0.05) is 18.2 Å². The third-order valence-corrected chi connectivity index (χ3v) is 2.34. The third-order valence-electron chi connectivity index (χ3n) is 2.34. The van der Waals surface area contributed by atoms with Crippen LogP contribution in [0.1, 0.15) is 11.1 Å². The molecule has 2 N–H and O–H groups in total. The molecule has 1 heterocycles. The van der Waals surface area contributed by atoms with Crippen LogP contribution in [-0.2, 0) is 6.61 Å². The Labute approximate surface area is 81.0 Å². The number of pyridine rings is 1. The molecule has 0 amide bonds. The van der Waals surface area contributed by atoms with Gasteiger partial charge in [-0.25, -0.2) is 0 Å². The first kappa shape index (κ1) is 8.97. The number of aromatic nitrogens is 1. The fourth-order valence-corrected chi connectivity index (χ4v) is 1.64. The number of H-pyrrole nitrogens is 1. The van der Waals surface area contributed by atoms with Crippen molar-refractivity contribution in [2.75, 3.05) is 0 Å². The number of aryl methyl sites for hydroxylation is 1. The summed E-state index contributed by atoms with van der Waals surface area (Å²) in [6.07, 6.45) is 0. The van der Waals surface area contributed by atoms with Crippen LogP contribution in [0.25, 0.3) is 10.9 Å². The maximum Gasteiger partial charge on any atom is 0.248 e. The summed E-state index contributed by atoms with van der Waals surface area (Å²) < 4.78 is 0. The maximum absolute atomic E-state index is 11.2. The summed E-state index contributed by atoms with van der Waals surface area (Å²) >= 11 is 0. The zero-order valence-electron chi connectivity index (χ0n) is 7.87. The second-order valence-corrected chi connectivity index (χ2v) is 3.31. The minimum absolute atomic E-state index is 0.0588. The van der Waals surface area contributed by atoms with Crippen LogP contribution < -0.4 is 5.56 Å². The minimum Gasteiger partial charge on any atom is -0.392 e. The van der Waals surface area contributed by atoms with Gasteiger partial charge < -0.3 is 10.1 Å². The van der Waals surface area contributed by atoms with Gasteiger partial charge in [0.25, 0.3) is 0 Å². The Morgan fingerprint density at radius 1 is 1.43 bits per heavy atom. The molecule has 2 rings (SSSR count). The predicted octanol–water partition coefficient (Wildman–Crippen LogP) is 1.33. The summed E-state index contributed by atoms with van der Waals surface area (Å²) in [6, 6.07) is 7.17. The molecule has 2 aromatic rings. The number of benzene rings is 1. The lowest BCUT2D eigenvalue weighted by molar-refractivity contribution is 0.283. The van der Waals surface area contributed by atoms with E-state index in [9.17, 15) is 4.79 Å². The van der Waals surface area contributed by atoms with Gasteiger partial charge in [0.2, 0.25) is 5.56 Å². The van der Waals surface area contributed by atoms with Crippen molar-refractivity contribution in [2.45, 2.75) is 13.5 Å². The van der Waals surface area contributed by atoms with Crippen LogP contribution in [0.4, 0.5) is 0 Å². The van der Waals surface area contributed by atoms with Gasteiger partial charge in [-0.15, -0.1) is 0 Å². The number of rotatable bonds is 1. The van der Waals surface area contributed by atoms with E-state index in [4.69, 9.17) is 5.11 Å². The summed E-state index contributed by atoms with van der Waals surface area (Å²) in [4.78, 5) is 14.0. The van der Waals surface area contributed by atoms with E-state index in [0.29, 0.717) is 0 Å². The topological polar surface area (TPSA) is 53.1 Å². The molecule has 0 fully saturated rings. The van der Waals surface area contributed by atoms with E-state index in [2.05, 4.69) is 4.98 Å². The highest BCUT2D eigenvalue weighted by molar-refractivity contribution is 5.84. The van der Waals surface area contributed by atoms with E-state index in [1.165, 1.54) is 0 Å². The second-order valence-electron chi connectivity index (χ2n) is 3.31. The molecule has 14 heavy (non-hydrogen) atoms. The molecular weight excluding hydrogens is 178 g/mol. The molecule has 0 spiro atoms. The number of nitrogens with one attached hydrogen (secondary N) is 1. The van der Waals surface area contributed by atoms with Crippen molar-refractivity contribution in [1.29, 1.82) is 0 Å². The number of aliphatic hydroxyl groups is 1. The number of hydrogen-bond acceptors (Lipinski definition) is 2. The zero-order valence-corrected chi connectivity index (χ0v) is 7.87. The van der Waals surface area contributed by atoms with E-state index >= 15 is 0 Å². The molecule has 0 saturated heterocycles. The third kappa shape index (κ3) is 1.32. The first-order chi connectivity index (χ1) is 6.72. The number of aromatic amines is 1. The van der Waals surface area contributed by atoms with E-state index in [0.717, 1.165) is 22.0 Å². The van der Waals surface area contributed by atoms with Gasteiger partial charge in [0.1, 0.15) is 0 Å². The molecule has 0 radical (unpaired) electrons. The molecule has 1 aromatic heterocycles. The largest absolute Gasteiger partial charge is 0.392 e. The first-order valence-corrected chi connectivity index (χ1v) is 4.45. The van der Waals surface area contributed by atoms with Gasteiger partial charge >= 0.3 is 0 Å². The maximum atomic E-state index is 11.2. The Morgan fingerprint density at radius 2 is 2.21 bits per heavy atom. The van der Waals surface area contributed by atoms with Crippen molar-refractivity contribution in [1.82, 2.24) is 4.98 Å². The highest BCUT2D eigenvalue weighted by Gasteiger charge is 2.02. The molecule has 1 aromatic carbocycles. The summed E-state index contributed by atoms with van der Waals surface area (Å²) in [5.41, 5.74) is 2.29. The Kier molecular flexibility index (Phi) is 2.09. The molecule has 0 unspecified atom stereocenters. The lowest BCUT2D eigenvalue weighted by Crippen LogP contribution is -2.06. The van der Waals surface area contributed by atoms with Gasteiger partial charge in [-0.05, 0) is 12.5 Å². The Hall–Kier alpha value is -1.61. The fourth-order valence-electron chi connectivity index (χ4n) is 1.64. The van der Waals surface area contributed by atoms with E-state index < -0.39 is 0 Å². The number of para-hydroxylation sites is 1. The minimum atomic E-state index is -0.129. The van der Waals surface area contributed by atoms with Crippen molar-refractivity contribution in [3.05, 3.63) is 45.7 Å². The van der Waals surface area contributed by atoms with E-state index in [1.54, 1.807) is 12.1 Å². The molecule has 3 heteroatoms. The van der Waals surface area contributed by atoms with Crippen LogP contribution in [0.15, 0.2) is 29.1 Å². The Bertz CT molecular complexity index is 528. The lowest BCUT2D eigenvalue weighted by atomic mass is 10.1. The van der Waals surface area contributed by atoms with Crippen LogP contribution in [0.2, 0.25) is 0 Å². The lowest BCUT2D eigenvalue weighted by Gasteiger charge is -2.05.